The predicted octanol–water partition coefficient (Wildman–Crippen LogP) is -0.237. The maximum Gasteiger partial charge on any atom is 0.326 e. The fourth-order valence-corrected chi connectivity index (χ4v) is 4.14. The number of hydrogen-bond acceptors (Lipinski definition) is 5. The van der Waals surface area contributed by atoms with Crippen molar-refractivity contribution in [3.63, 3.8) is 0 Å². The standard InChI is InChI=1S/C15H28BN3O4/c1-13(2,17)11(20)19-9-14(5-4-7-16(3)23)6-8-18-15(14,10-19)12(21)22/h18,23H,4-10,17H2,1-3H3,(H,21,22)/t14-,15-/m1/s1. The molecule has 2 saturated heterocycles. The summed E-state index contributed by atoms with van der Waals surface area (Å²) in [6, 6.07) is 0. The third kappa shape index (κ3) is 3.12. The molecule has 23 heavy (non-hydrogen) atoms. The number of nitrogens with one attached hydrogen (secondary N) is 1. The normalized spacial score (nSPS) is 30.4. The molecule has 1 amide bonds. The second-order valence-corrected chi connectivity index (χ2v) is 7.79. The minimum atomic E-state index is -1.10. The molecule has 0 unspecified atom stereocenters. The van der Waals surface area contributed by atoms with Crippen LogP contribution in [0.25, 0.3) is 0 Å². The second kappa shape index (κ2) is 6.07. The summed E-state index contributed by atoms with van der Waals surface area (Å²) < 4.78 is 0. The van der Waals surface area contributed by atoms with E-state index in [1.54, 1.807) is 25.6 Å². The monoisotopic (exact) mass is 325 g/mol. The Bertz CT molecular complexity index is 494. The van der Waals surface area contributed by atoms with Crippen molar-refractivity contribution in [3.8, 4) is 0 Å². The van der Waals surface area contributed by atoms with E-state index in [0.717, 1.165) is 6.42 Å². The van der Waals surface area contributed by atoms with Gasteiger partial charge >= 0.3 is 5.97 Å². The zero-order valence-electron chi connectivity index (χ0n) is 14.3. The summed E-state index contributed by atoms with van der Waals surface area (Å²) in [7, 11) is 0. The predicted molar refractivity (Wildman–Crippen MR) is 88.1 cm³/mol. The molecule has 2 fully saturated rings. The number of nitrogens with two attached hydrogens (primary N) is 1. The van der Waals surface area contributed by atoms with E-state index in [4.69, 9.17) is 5.73 Å². The van der Waals surface area contributed by atoms with Crippen LogP contribution < -0.4 is 11.1 Å². The molecule has 0 aromatic rings. The molecule has 7 nitrogen and oxygen atoms in total. The number of carbonyl (C=O) groups excluding carboxylic acids is 1. The lowest BCUT2D eigenvalue weighted by atomic mass is 9.63. The molecule has 0 aromatic carbocycles. The summed E-state index contributed by atoms with van der Waals surface area (Å²) in [6.07, 6.45) is 2.76. The number of nitrogens with zero attached hydrogens (tertiary/aromatic N) is 1. The Morgan fingerprint density at radius 3 is 2.57 bits per heavy atom. The van der Waals surface area contributed by atoms with E-state index in [1.165, 1.54) is 0 Å². The number of amides is 1. The van der Waals surface area contributed by atoms with Crippen molar-refractivity contribution < 1.29 is 19.7 Å². The average molecular weight is 325 g/mol. The van der Waals surface area contributed by atoms with Gasteiger partial charge in [-0.25, -0.2) is 0 Å². The van der Waals surface area contributed by atoms with Gasteiger partial charge in [-0.05, 0) is 39.6 Å². The molecule has 2 heterocycles. The summed E-state index contributed by atoms with van der Waals surface area (Å²) in [5.74, 6) is -1.12. The highest BCUT2D eigenvalue weighted by atomic mass is 16.4. The van der Waals surface area contributed by atoms with E-state index in [1.807, 2.05) is 0 Å². The number of carboxylic acids is 1. The van der Waals surface area contributed by atoms with Crippen LogP contribution in [-0.4, -0.2) is 64.5 Å². The summed E-state index contributed by atoms with van der Waals surface area (Å²) in [4.78, 5) is 26.2. The molecule has 0 spiro atoms. The van der Waals surface area contributed by atoms with Gasteiger partial charge in [-0.3, -0.25) is 14.9 Å². The minimum absolute atomic E-state index is 0.149. The van der Waals surface area contributed by atoms with Gasteiger partial charge in [0.05, 0.1) is 12.1 Å². The summed E-state index contributed by atoms with van der Waals surface area (Å²) in [5, 5.41) is 22.5. The maximum atomic E-state index is 12.5. The third-order valence-electron chi connectivity index (χ3n) is 5.34. The van der Waals surface area contributed by atoms with Crippen molar-refractivity contribution in [1.82, 2.24) is 10.2 Å². The van der Waals surface area contributed by atoms with Crippen LogP contribution in [0.3, 0.4) is 0 Å². The molecule has 2 atom stereocenters. The van der Waals surface area contributed by atoms with Gasteiger partial charge in [0.15, 0.2) is 0 Å². The van der Waals surface area contributed by atoms with E-state index in [-0.39, 0.29) is 12.5 Å². The summed E-state index contributed by atoms with van der Waals surface area (Å²) in [5.41, 5.74) is 3.31. The van der Waals surface area contributed by atoms with E-state index >= 15 is 0 Å². The van der Waals surface area contributed by atoms with Crippen molar-refractivity contribution in [2.45, 2.75) is 57.3 Å². The Morgan fingerprint density at radius 2 is 2.04 bits per heavy atom. The number of carboxylic acid groups (broad SMARTS) is 1. The molecule has 130 valence electrons. The van der Waals surface area contributed by atoms with Crippen LogP contribution in [0.1, 0.15) is 33.1 Å². The molecule has 8 heteroatoms. The molecule has 2 aliphatic heterocycles. The second-order valence-electron chi connectivity index (χ2n) is 7.79. The van der Waals surface area contributed by atoms with Gasteiger partial charge < -0.3 is 20.8 Å². The van der Waals surface area contributed by atoms with Gasteiger partial charge in [0, 0.05) is 12.0 Å². The van der Waals surface area contributed by atoms with Gasteiger partial charge in [-0.2, -0.15) is 0 Å². The minimum Gasteiger partial charge on any atom is -0.480 e. The topological polar surface area (TPSA) is 116 Å². The number of carbonyl (C=O) groups is 2. The maximum absolute atomic E-state index is 12.5. The van der Waals surface area contributed by atoms with E-state index in [9.17, 15) is 19.7 Å². The van der Waals surface area contributed by atoms with E-state index in [0.29, 0.717) is 32.3 Å². The number of aliphatic carboxylic acids is 1. The number of rotatable bonds is 6. The molecule has 2 aliphatic rings. The van der Waals surface area contributed by atoms with Gasteiger partial charge in [0.1, 0.15) is 5.54 Å². The molecule has 0 bridgehead atoms. The SMILES string of the molecule is CB(O)CCC[C@]12CCN[C@@]1(C(=O)O)CN(C(=O)C(C)(C)N)C2. The van der Waals surface area contributed by atoms with Gasteiger partial charge in [-0.15, -0.1) is 0 Å². The van der Waals surface area contributed by atoms with Crippen molar-refractivity contribution in [3.05, 3.63) is 0 Å². The molecule has 0 radical (unpaired) electrons. The quantitative estimate of drug-likeness (QED) is 0.501. The molecule has 0 aliphatic carbocycles. The van der Waals surface area contributed by atoms with Gasteiger partial charge in [0.2, 0.25) is 5.91 Å². The fraction of sp³-hybridized carbons (Fsp3) is 0.867. The van der Waals surface area contributed by atoms with Crippen LogP contribution in [0.2, 0.25) is 13.1 Å². The fourth-order valence-electron chi connectivity index (χ4n) is 4.14. The average Bonchev–Trinajstić information content (AvgIpc) is 2.89. The molecule has 5 N–H and O–H groups in total. The first-order chi connectivity index (χ1) is 10.5. The lowest BCUT2D eigenvalue weighted by molar-refractivity contribution is -0.147. The Hall–Kier alpha value is -1.12. The smallest absolute Gasteiger partial charge is 0.326 e. The highest BCUT2D eigenvalue weighted by Crippen LogP contribution is 2.50. The van der Waals surface area contributed by atoms with Crippen LogP contribution >= 0.6 is 0 Å². The molecule has 2 rings (SSSR count). The summed E-state index contributed by atoms with van der Waals surface area (Å²) in [6.45, 7) is 5.81. The van der Waals surface area contributed by atoms with E-state index in [2.05, 4.69) is 5.32 Å². The first kappa shape index (κ1) is 18.2. The molecule has 0 saturated carbocycles. The third-order valence-corrected chi connectivity index (χ3v) is 5.34. The lowest BCUT2D eigenvalue weighted by Crippen LogP contribution is -2.59. The van der Waals surface area contributed by atoms with Crippen LogP contribution in [-0.2, 0) is 9.59 Å². The summed E-state index contributed by atoms with van der Waals surface area (Å²) >= 11 is 0. The first-order valence-electron chi connectivity index (χ1n) is 8.29. The van der Waals surface area contributed by atoms with Crippen LogP contribution in [0, 0.1) is 5.41 Å². The van der Waals surface area contributed by atoms with Gasteiger partial charge in [-0.1, -0.05) is 13.2 Å². The van der Waals surface area contributed by atoms with Crippen molar-refractivity contribution in [1.29, 1.82) is 0 Å². The molecular formula is C15H28BN3O4. The highest BCUT2D eigenvalue weighted by molar-refractivity contribution is 6.48. The highest BCUT2D eigenvalue weighted by Gasteiger charge is 2.65. The number of fused-ring (bicyclic) bond motifs is 1. The van der Waals surface area contributed by atoms with Crippen molar-refractivity contribution in [2.24, 2.45) is 11.1 Å². The molecule has 0 aromatic heterocycles. The zero-order valence-corrected chi connectivity index (χ0v) is 14.3. The van der Waals surface area contributed by atoms with Crippen molar-refractivity contribution >= 4 is 18.8 Å². The largest absolute Gasteiger partial charge is 0.480 e. The zero-order chi connectivity index (χ0) is 17.5. The van der Waals surface area contributed by atoms with Gasteiger partial charge in [0.25, 0.3) is 6.92 Å². The number of likely N-dealkylation sites (tertiary alicyclic amines) is 1. The lowest BCUT2D eigenvalue weighted by Gasteiger charge is -2.35. The Kier molecular flexibility index (Phi) is 4.81. The Balaban J connectivity index is 2.25. The van der Waals surface area contributed by atoms with Crippen LogP contribution in [0.5, 0.6) is 0 Å². The first-order valence-corrected chi connectivity index (χ1v) is 8.29. The Labute approximate surface area is 137 Å². The van der Waals surface area contributed by atoms with Crippen molar-refractivity contribution in [2.75, 3.05) is 19.6 Å². The number of hydrogen-bond donors (Lipinski definition) is 4. The van der Waals surface area contributed by atoms with Crippen LogP contribution in [0.15, 0.2) is 0 Å². The Morgan fingerprint density at radius 1 is 1.39 bits per heavy atom. The molecular weight excluding hydrogens is 297 g/mol. The van der Waals surface area contributed by atoms with Crippen LogP contribution in [0.4, 0.5) is 0 Å². The van der Waals surface area contributed by atoms with E-state index < -0.39 is 29.4 Å².